The third-order valence-electron chi connectivity index (χ3n) is 3.48. The standard InChI is InChI=1S/C15H13F2N5O3/c1-9(14-20-19-13-4-2-3-7-21(13)14)18-10-5-6-11(22(23)24)12(8-10)25-15(16)17/h2-9,15,18H,1H3/t9-/m0/s1. The lowest BCUT2D eigenvalue weighted by Gasteiger charge is -2.15. The van der Waals surface area contributed by atoms with Crippen molar-refractivity contribution in [1.29, 1.82) is 0 Å². The van der Waals surface area contributed by atoms with Crippen LogP contribution < -0.4 is 10.1 Å². The topological polar surface area (TPSA) is 94.6 Å². The molecule has 2 heterocycles. The number of benzene rings is 1. The number of nitrogens with zero attached hydrogens (tertiary/aromatic N) is 4. The van der Waals surface area contributed by atoms with Gasteiger partial charge in [0.25, 0.3) is 0 Å². The summed E-state index contributed by atoms with van der Waals surface area (Å²) < 4.78 is 31.0. The van der Waals surface area contributed by atoms with Crippen LogP contribution in [-0.4, -0.2) is 26.1 Å². The fourth-order valence-electron chi connectivity index (χ4n) is 2.41. The third-order valence-corrected chi connectivity index (χ3v) is 3.48. The number of nitro benzene ring substituents is 1. The number of alkyl halides is 2. The number of fused-ring (bicyclic) bond motifs is 1. The Bertz CT molecular complexity index is 915. The second kappa shape index (κ2) is 6.67. The maximum atomic E-state index is 12.5. The van der Waals surface area contributed by atoms with Crippen molar-refractivity contribution in [3.05, 3.63) is 58.5 Å². The quantitative estimate of drug-likeness (QED) is 0.541. The summed E-state index contributed by atoms with van der Waals surface area (Å²) in [7, 11) is 0. The number of hydrogen-bond donors (Lipinski definition) is 1. The zero-order chi connectivity index (χ0) is 18.0. The van der Waals surface area contributed by atoms with Crippen LogP contribution in [0.4, 0.5) is 20.2 Å². The number of nitro groups is 1. The predicted octanol–water partition coefficient (Wildman–Crippen LogP) is 3.41. The number of halogens is 2. The molecule has 10 heteroatoms. The van der Waals surface area contributed by atoms with E-state index in [0.717, 1.165) is 12.1 Å². The Balaban J connectivity index is 1.88. The van der Waals surface area contributed by atoms with Gasteiger partial charge in [0, 0.05) is 24.0 Å². The van der Waals surface area contributed by atoms with Gasteiger partial charge >= 0.3 is 12.3 Å². The van der Waals surface area contributed by atoms with Gasteiger partial charge in [0.1, 0.15) is 0 Å². The van der Waals surface area contributed by atoms with Crippen molar-refractivity contribution in [2.45, 2.75) is 19.6 Å². The summed E-state index contributed by atoms with van der Waals surface area (Å²) in [5.74, 6) is 0.0913. The van der Waals surface area contributed by atoms with E-state index in [1.165, 1.54) is 6.07 Å². The molecule has 25 heavy (non-hydrogen) atoms. The Morgan fingerprint density at radius 1 is 1.28 bits per heavy atom. The van der Waals surface area contributed by atoms with E-state index in [2.05, 4.69) is 20.3 Å². The first-order valence-electron chi connectivity index (χ1n) is 7.25. The SMILES string of the molecule is C[C@H](Nc1ccc([N+](=O)[O-])c(OC(F)F)c1)c1nnc2ccccn12. The lowest BCUT2D eigenvalue weighted by Crippen LogP contribution is -2.11. The van der Waals surface area contributed by atoms with Gasteiger partial charge < -0.3 is 10.1 Å². The van der Waals surface area contributed by atoms with Gasteiger partial charge in [-0.2, -0.15) is 8.78 Å². The van der Waals surface area contributed by atoms with Crippen LogP contribution in [0.15, 0.2) is 42.6 Å². The van der Waals surface area contributed by atoms with Crippen molar-refractivity contribution in [3.8, 4) is 5.75 Å². The number of rotatable bonds is 6. The molecule has 0 bridgehead atoms. The normalized spacial score (nSPS) is 12.3. The molecule has 8 nitrogen and oxygen atoms in total. The van der Waals surface area contributed by atoms with Crippen molar-refractivity contribution in [2.75, 3.05) is 5.32 Å². The molecule has 130 valence electrons. The molecular formula is C15H13F2N5O3. The van der Waals surface area contributed by atoms with Gasteiger partial charge in [-0.15, -0.1) is 10.2 Å². The number of hydrogen-bond acceptors (Lipinski definition) is 6. The molecule has 0 saturated carbocycles. The number of pyridine rings is 1. The Morgan fingerprint density at radius 2 is 2.08 bits per heavy atom. The van der Waals surface area contributed by atoms with Crippen LogP contribution in [0.5, 0.6) is 5.75 Å². The minimum Gasteiger partial charge on any atom is -0.427 e. The number of anilines is 1. The predicted molar refractivity (Wildman–Crippen MR) is 84.8 cm³/mol. The molecule has 0 aliphatic rings. The molecule has 3 aromatic rings. The number of aromatic nitrogens is 3. The van der Waals surface area contributed by atoms with Crippen molar-refractivity contribution in [1.82, 2.24) is 14.6 Å². The van der Waals surface area contributed by atoms with E-state index in [1.54, 1.807) is 23.6 Å². The van der Waals surface area contributed by atoms with Crippen LogP contribution in [-0.2, 0) is 0 Å². The van der Waals surface area contributed by atoms with Gasteiger partial charge in [-0.25, -0.2) is 0 Å². The fourth-order valence-corrected chi connectivity index (χ4v) is 2.41. The largest absolute Gasteiger partial charge is 0.427 e. The summed E-state index contributed by atoms with van der Waals surface area (Å²) in [6.07, 6.45) is 1.80. The smallest absolute Gasteiger partial charge is 0.387 e. The van der Waals surface area contributed by atoms with E-state index in [9.17, 15) is 18.9 Å². The lowest BCUT2D eigenvalue weighted by atomic mass is 10.2. The van der Waals surface area contributed by atoms with Crippen molar-refractivity contribution in [3.63, 3.8) is 0 Å². The van der Waals surface area contributed by atoms with E-state index >= 15 is 0 Å². The summed E-state index contributed by atoms with van der Waals surface area (Å²) in [5, 5.41) is 22.1. The van der Waals surface area contributed by atoms with Crippen molar-refractivity contribution >= 4 is 17.0 Å². The zero-order valence-electron chi connectivity index (χ0n) is 13.0. The second-order valence-corrected chi connectivity index (χ2v) is 5.17. The highest BCUT2D eigenvalue weighted by Crippen LogP contribution is 2.32. The average Bonchev–Trinajstić information content (AvgIpc) is 2.98. The summed E-state index contributed by atoms with van der Waals surface area (Å²) in [4.78, 5) is 10.1. The van der Waals surface area contributed by atoms with Gasteiger partial charge in [0.2, 0.25) is 5.75 Å². The summed E-state index contributed by atoms with van der Waals surface area (Å²) in [6.45, 7) is -1.36. The van der Waals surface area contributed by atoms with Gasteiger partial charge in [0.05, 0.1) is 11.0 Å². The molecule has 1 aromatic carbocycles. The second-order valence-electron chi connectivity index (χ2n) is 5.17. The van der Waals surface area contributed by atoms with Gasteiger partial charge in [-0.3, -0.25) is 14.5 Å². The summed E-state index contributed by atoms with van der Waals surface area (Å²) in [5.41, 5.74) is 0.504. The molecular weight excluding hydrogens is 336 g/mol. The first kappa shape index (κ1) is 16.6. The van der Waals surface area contributed by atoms with Gasteiger partial charge in [0.15, 0.2) is 11.5 Å². The fraction of sp³-hybridized carbons (Fsp3) is 0.200. The minimum absolute atomic E-state index is 0.335. The third kappa shape index (κ3) is 3.47. The summed E-state index contributed by atoms with van der Waals surface area (Å²) in [6, 6.07) is 8.79. The van der Waals surface area contributed by atoms with Crippen LogP contribution in [0, 0.1) is 10.1 Å². The van der Waals surface area contributed by atoms with Crippen molar-refractivity contribution < 1.29 is 18.4 Å². The summed E-state index contributed by atoms with van der Waals surface area (Å²) >= 11 is 0. The maximum Gasteiger partial charge on any atom is 0.387 e. The van der Waals surface area contributed by atoms with E-state index in [1.807, 2.05) is 12.1 Å². The van der Waals surface area contributed by atoms with E-state index in [0.29, 0.717) is 17.2 Å². The Morgan fingerprint density at radius 3 is 2.80 bits per heavy atom. The first-order chi connectivity index (χ1) is 12.0. The van der Waals surface area contributed by atoms with E-state index in [4.69, 9.17) is 0 Å². The highest BCUT2D eigenvalue weighted by Gasteiger charge is 2.20. The number of ether oxygens (including phenoxy) is 1. The molecule has 2 aromatic heterocycles. The highest BCUT2D eigenvalue weighted by molar-refractivity contribution is 5.58. The first-order valence-corrected chi connectivity index (χ1v) is 7.25. The van der Waals surface area contributed by atoms with Gasteiger partial charge in [-0.05, 0) is 25.1 Å². The molecule has 3 rings (SSSR count). The van der Waals surface area contributed by atoms with E-state index in [-0.39, 0.29) is 6.04 Å². The average molecular weight is 349 g/mol. The molecule has 0 fully saturated rings. The van der Waals surface area contributed by atoms with Crippen LogP contribution in [0.2, 0.25) is 0 Å². The molecule has 0 unspecified atom stereocenters. The molecule has 1 atom stereocenters. The molecule has 0 amide bonds. The molecule has 0 spiro atoms. The Labute approximate surface area is 140 Å². The molecule has 0 aliphatic carbocycles. The molecule has 1 N–H and O–H groups in total. The highest BCUT2D eigenvalue weighted by atomic mass is 19.3. The number of nitrogens with one attached hydrogen (secondary N) is 1. The van der Waals surface area contributed by atoms with Crippen LogP contribution in [0.25, 0.3) is 5.65 Å². The molecule has 0 aliphatic heterocycles. The lowest BCUT2D eigenvalue weighted by molar-refractivity contribution is -0.386. The minimum atomic E-state index is -3.16. The van der Waals surface area contributed by atoms with E-state index < -0.39 is 23.0 Å². The van der Waals surface area contributed by atoms with Gasteiger partial charge in [-0.1, -0.05) is 6.07 Å². The van der Waals surface area contributed by atoms with Crippen molar-refractivity contribution in [2.24, 2.45) is 0 Å². The van der Waals surface area contributed by atoms with Crippen LogP contribution in [0.1, 0.15) is 18.8 Å². The maximum absolute atomic E-state index is 12.5. The Hall–Kier alpha value is -3.30. The van der Waals surface area contributed by atoms with Crippen LogP contribution in [0.3, 0.4) is 0 Å². The van der Waals surface area contributed by atoms with Crippen LogP contribution >= 0.6 is 0 Å². The monoisotopic (exact) mass is 349 g/mol. The molecule has 0 radical (unpaired) electrons. The Kier molecular flexibility index (Phi) is 4.42. The molecule has 0 saturated heterocycles. The zero-order valence-corrected chi connectivity index (χ0v) is 13.0.